The molecule has 2 rings (SSSR count). The average Bonchev–Trinajstić information content (AvgIpc) is 2.41. The van der Waals surface area contributed by atoms with Gasteiger partial charge in [-0.05, 0) is 54.8 Å². The van der Waals surface area contributed by atoms with Crippen LogP contribution in [0.1, 0.15) is 18.1 Å². The van der Waals surface area contributed by atoms with E-state index in [4.69, 9.17) is 10.5 Å². The van der Waals surface area contributed by atoms with Crippen LogP contribution in [0.25, 0.3) is 0 Å². The van der Waals surface area contributed by atoms with Crippen LogP contribution in [0.4, 0.5) is 13.2 Å². The number of benzene rings is 2. The highest BCUT2D eigenvalue weighted by Gasteiger charge is 2.09. The van der Waals surface area contributed by atoms with Gasteiger partial charge >= 0.3 is 0 Å². The molecule has 0 aliphatic carbocycles. The van der Waals surface area contributed by atoms with Gasteiger partial charge in [-0.15, -0.1) is 0 Å². The summed E-state index contributed by atoms with van der Waals surface area (Å²) in [6.07, 6.45) is 0.463. The fourth-order valence-electron chi connectivity index (χ4n) is 1.99. The lowest BCUT2D eigenvalue weighted by molar-refractivity contribution is 0.300. The molecule has 21 heavy (non-hydrogen) atoms. The average molecular weight is 295 g/mol. The van der Waals surface area contributed by atoms with Crippen LogP contribution in [0.5, 0.6) is 5.75 Å². The van der Waals surface area contributed by atoms with Crippen LogP contribution >= 0.6 is 0 Å². The third kappa shape index (κ3) is 4.23. The predicted octanol–water partition coefficient (Wildman–Crippen LogP) is 3.57. The number of nitrogens with two attached hydrogens (primary N) is 1. The Morgan fingerprint density at radius 2 is 1.81 bits per heavy atom. The molecule has 2 nitrogen and oxygen atoms in total. The summed E-state index contributed by atoms with van der Waals surface area (Å²) in [7, 11) is 0. The molecule has 5 heteroatoms. The van der Waals surface area contributed by atoms with Gasteiger partial charge in [0, 0.05) is 6.04 Å². The third-order valence-electron chi connectivity index (χ3n) is 2.94. The molecular formula is C16H16F3NO. The van der Waals surface area contributed by atoms with Crippen LogP contribution in [0.15, 0.2) is 36.4 Å². The molecule has 0 aliphatic rings. The van der Waals surface area contributed by atoms with E-state index in [-0.39, 0.29) is 18.5 Å². The predicted molar refractivity (Wildman–Crippen MR) is 74.4 cm³/mol. The van der Waals surface area contributed by atoms with E-state index in [0.29, 0.717) is 23.3 Å². The van der Waals surface area contributed by atoms with Crippen molar-refractivity contribution in [1.82, 2.24) is 0 Å². The lowest BCUT2D eigenvalue weighted by atomic mass is 10.1. The Morgan fingerprint density at radius 3 is 2.48 bits per heavy atom. The summed E-state index contributed by atoms with van der Waals surface area (Å²) in [6.45, 7) is 1.87. The monoisotopic (exact) mass is 295 g/mol. The minimum absolute atomic E-state index is 0.0643. The van der Waals surface area contributed by atoms with Crippen molar-refractivity contribution < 1.29 is 17.9 Å². The zero-order valence-electron chi connectivity index (χ0n) is 11.6. The van der Waals surface area contributed by atoms with Gasteiger partial charge in [-0.3, -0.25) is 0 Å². The number of rotatable bonds is 5. The van der Waals surface area contributed by atoms with E-state index in [1.807, 2.05) is 6.92 Å². The van der Waals surface area contributed by atoms with Crippen LogP contribution in [0.2, 0.25) is 0 Å². The molecule has 0 radical (unpaired) electrons. The van der Waals surface area contributed by atoms with Gasteiger partial charge in [-0.1, -0.05) is 6.07 Å². The second-order valence-electron chi connectivity index (χ2n) is 4.97. The summed E-state index contributed by atoms with van der Waals surface area (Å²) < 4.78 is 44.8. The summed E-state index contributed by atoms with van der Waals surface area (Å²) in [4.78, 5) is 0. The van der Waals surface area contributed by atoms with Gasteiger partial charge in [0.2, 0.25) is 0 Å². The Morgan fingerprint density at radius 1 is 1.05 bits per heavy atom. The maximum Gasteiger partial charge on any atom is 0.159 e. The molecule has 0 saturated heterocycles. The molecule has 2 aromatic rings. The van der Waals surface area contributed by atoms with Crippen molar-refractivity contribution in [1.29, 1.82) is 0 Å². The lowest BCUT2D eigenvalue weighted by Gasteiger charge is -2.13. The van der Waals surface area contributed by atoms with Crippen LogP contribution in [0.3, 0.4) is 0 Å². The Kier molecular flexibility index (Phi) is 4.85. The Labute approximate surface area is 121 Å². The van der Waals surface area contributed by atoms with E-state index in [1.54, 1.807) is 0 Å². The minimum atomic E-state index is -0.925. The first-order chi connectivity index (χ1) is 9.95. The standard InChI is InChI=1S/C16H16F3NO/c1-10(20)6-12-8-13(17)3-5-16(12)21-9-11-2-4-14(18)15(19)7-11/h2-5,7-8,10H,6,9,20H2,1H3. The van der Waals surface area contributed by atoms with Gasteiger partial charge in [0.05, 0.1) is 0 Å². The van der Waals surface area contributed by atoms with Gasteiger partial charge in [0.15, 0.2) is 11.6 Å². The van der Waals surface area contributed by atoms with Gasteiger partial charge < -0.3 is 10.5 Å². The molecule has 0 saturated carbocycles. The van der Waals surface area contributed by atoms with E-state index < -0.39 is 11.6 Å². The topological polar surface area (TPSA) is 35.2 Å². The molecule has 1 atom stereocenters. The van der Waals surface area contributed by atoms with Crippen molar-refractivity contribution in [3.05, 3.63) is 65.0 Å². The number of hydrogen-bond acceptors (Lipinski definition) is 2. The highest BCUT2D eigenvalue weighted by Crippen LogP contribution is 2.22. The van der Waals surface area contributed by atoms with E-state index in [9.17, 15) is 13.2 Å². The lowest BCUT2D eigenvalue weighted by Crippen LogP contribution is -2.18. The third-order valence-corrected chi connectivity index (χ3v) is 2.94. The summed E-state index contributed by atoms with van der Waals surface area (Å²) in [5.74, 6) is -1.71. The summed E-state index contributed by atoms with van der Waals surface area (Å²) in [5, 5.41) is 0. The second kappa shape index (κ2) is 6.63. The molecule has 0 spiro atoms. The van der Waals surface area contributed by atoms with Gasteiger partial charge in [-0.2, -0.15) is 0 Å². The molecule has 0 fully saturated rings. The minimum Gasteiger partial charge on any atom is -0.489 e. The first-order valence-corrected chi connectivity index (χ1v) is 6.56. The molecule has 112 valence electrons. The van der Waals surface area contributed by atoms with E-state index in [0.717, 1.165) is 12.1 Å². The maximum absolute atomic E-state index is 13.3. The molecule has 0 heterocycles. The van der Waals surface area contributed by atoms with E-state index in [1.165, 1.54) is 24.3 Å². The molecule has 1 unspecified atom stereocenters. The van der Waals surface area contributed by atoms with Crippen molar-refractivity contribution in [2.45, 2.75) is 26.0 Å². The smallest absolute Gasteiger partial charge is 0.159 e. The highest BCUT2D eigenvalue weighted by atomic mass is 19.2. The fraction of sp³-hybridized carbons (Fsp3) is 0.250. The van der Waals surface area contributed by atoms with Crippen molar-refractivity contribution in [3.63, 3.8) is 0 Å². The van der Waals surface area contributed by atoms with Crippen LogP contribution in [-0.2, 0) is 13.0 Å². The van der Waals surface area contributed by atoms with Crippen molar-refractivity contribution >= 4 is 0 Å². The molecule has 0 bridgehead atoms. The van der Waals surface area contributed by atoms with E-state index >= 15 is 0 Å². The zero-order valence-corrected chi connectivity index (χ0v) is 11.6. The second-order valence-corrected chi connectivity index (χ2v) is 4.97. The summed E-state index contributed by atoms with van der Waals surface area (Å²) in [6, 6.07) is 7.57. The molecule has 0 aromatic heterocycles. The van der Waals surface area contributed by atoms with Gasteiger partial charge in [0.1, 0.15) is 18.2 Å². The fourth-order valence-corrected chi connectivity index (χ4v) is 1.99. The van der Waals surface area contributed by atoms with Gasteiger partial charge in [-0.25, -0.2) is 13.2 Å². The summed E-state index contributed by atoms with van der Waals surface area (Å²) >= 11 is 0. The molecule has 0 amide bonds. The first kappa shape index (κ1) is 15.4. The molecular weight excluding hydrogens is 279 g/mol. The SMILES string of the molecule is CC(N)Cc1cc(F)ccc1OCc1ccc(F)c(F)c1. The van der Waals surface area contributed by atoms with Crippen LogP contribution < -0.4 is 10.5 Å². The van der Waals surface area contributed by atoms with Crippen molar-refractivity contribution in [3.8, 4) is 5.75 Å². The highest BCUT2D eigenvalue weighted by molar-refractivity contribution is 5.35. The quantitative estimate of drug-likeness (QED) is 0.915. The Hall–Kier alpha value is -2.01. The van der Waals surface area contributed by atoms with Crippen molar-refractivity contribution in [2.75, 3.05) is 0 Å². The van der Waals surface area contributed by atoms with Crippen LogP contribution in [-0.4, -0.2) is 6.04 Å². The van der Waals surface area contributed by atoms with Crippen molar-refractivity contribution in [2.24, 2.45) is 5.73 Å². The van der Waals surface area contributed by atoms with Crippen LogP contribution in [0, 0.1) is 17.5 Å². The molecule has 2 N–H and O–H groups in total. The van der Waals surface area contributed by atoms with E-state index in [2.05, 4.69) is 0 Å². The Bertz CT molecular complexity index is 629. The maximum atomic E-state index is 13.3. The molecule has 2 aromatic carbocycles. The number of halogens is 3. The first-order valence-electron chi connectivity index (χ1n) is 6.56. The van der Waals surface area contributed by atoms with Gasteiger partial charge in [0.25, 0.3) is 0 Å². The Balaban J connectivity index is 2.13. The normalized spacial score (nSPS) is 12.2. The molecule has 0 aliphatic heterocycles. The number of ether oxygens (including phenoxy) is 1. The number of hydrogen-bond donors (Lipinski definition) is 1. The largest absolute Gasteiger partial charge is 0.489 e. The summed E-state index contributed by atoms with van der Waals surface area (Å²) in [5.41, 5.74) is 6.85. The zero-order chi connectivity index (χ0) is 15.4.